The van der Waals surface area contributed by atoms with Gasteiger partial charge in [-0.05, 0) is 64.5 Å². The Hall–Kier alpha value is -0.860. The summed E-state index contributed by atoms with van der Waals surface area (Å²) in [4.78, 5) is 0. The van der Waals surface area contributed by atoms with Crippen molar-refractivity contribution in [3.8, 4) is 0 Å². The molecule has 2 aromatic carbocycles. The van der Waals surface area contributed by atoms with E-state index in [2.05, 4.69) is 48.0 Å². The van der Waals surface area contributed by atoms with Crippen LogP contribution in [0.5, 0.6) is 0 Å². The lowest BCUT2D eigenvalue weighted by atomic mass is 10.00. The van der Waals surface area contributed by atoms with Crippen molar-refractivity contribution in [2.75, 3.05) is 0 Å². The summed E-state index contributed by atoms with van der Waals surface area (Å²) < 4.78 is 13.9. The number of halogens is 3. The van der Waals surface area contributed by atoms with E-state index in [1.54, 1.807) is 6.07 Å². The van der Waals surface area contributed by atoms with Gasteiger partial charge in [-0.1, -0.05) is 30.3 Å². The quantitative estimate of drug-likeness (QED) is 0.626. The number of alkyl halides is 1. The molecule has 19 heavy (non-hydrogen) atoms. The average Bonchev–Trinajstić information content (AvgIpc) is 2.37. The standard InChI is InChI=1S/C16H15BrClF/c1-10-6-7-12(8-11(10)2)9-14(18)13-4-3-5-15(19)16(13)17/h3-8,14H,9H2,1-2H3. The molecular formula is C16H15BrClF. The molecule has 0 aromatic heterocycles. The molecule has 0 N–H and O–H groups in total. The van der Waals surface area contributed by atoms with E-state index in [4.69, 9.17) is 11.6 Å². The Labute approximate surface area is 126 Å². The van der Waals surface area contributed by atoms with Crippen LogP contribution < -0.4 is 0 Å². The second-order valence-corrected chi connectivity index (χ2v) is 6.05. The van der Waals surface area contributed by atoms with Crippen molar-refractivity contribution in [2.24, 2.45) is 0 Å². The van der Waals surface area contributed by atoms with Crippen LogP contribution in [0, 0.1) is 19.7 Å². The van der Waals surface area contributed by atoms with E-state index in [-0.39, 0.29) is 11.2 Å². The van der Waals surface area contributed by atoms with Gasteiger partial charge in [0, 0.05) is 0 Å². The van der Waals surface area contributed by atoms with Crippen LogP contribution in [0.2, 0.25) is 0 Å². The molecule has 0 bridgehead atoms. The molecule has 0 amide bonds. The maximum Gasteiger partial charge on any atom is 0.137 e. The van der Waals surface area contributed by atoms with Crippen LogP contribution in [0.3, 0.4) is 0 Å². The number of hydrogen-bond acceptors (Lipinski definition) is 0. The lowest BCUT2D eigenvalue weighted by Gasteiger charge is -2.13. The van der Waals surface area contributed by atoms with Crippen molar-refractivity contribution in [3.05, 3.63) is 68.9 Å². The molecule has 0 saturated heterocycles. The van der Waals surface area contributed by atoms with Crippen molar-refractivity contribution in [3.63, 3.8) is 0 Å². The Morgan fingerprint density at radius 1 is 1.16 bits per heavy atom. The highest BCUT2D eigenvalue weighted by Crippen LogP contribution is 2.32. The number of aryl methyl sites for hydroxylation is 2. The summed E-state index contributed by atoms with van der Waals surface area (Å²) >= 11 is 9.67. The SMILES string of the molecule is Cc1ccc(CC(Cl)c2cccc(F)c2Br)cc1C. The fraction of sp³-hybridized carbons (Fsp3) is 0.250. The summed E-state index contributed by atoms with van der Waals surface area (Å²) in [6.45, 7) is 4.17. The summed E-state index contributed by atoms with van der Waals surface area (Å²) in [6, 6.07) is 11.3. The fourth-order valence-corrected chi connectivity index (χ4v) is 3.04. The highest BCUT2D eigenvalue weighted by molar-refractivity contribution is 9.10. The molecule has 0 heterocycles. The zero-order valence-corrected chi connectivity index (χ0v) is 13.2. The topological polar surface area (TPSA) is 0 Å². The molecule has 1 atom stereocenters. The molecule has 0 nitrogen and oxygen atoms in total. The van der Waals surface area contributed by atoms with Crippen molar-refractivity contribution >= 4 is 27.5 Å². The Morgan fingerprint density at radius 2 is 1.89 bits per heavy atom. The minimum atomic E-state index is -0.275. The Balaban J connectivity index is 2.23. The monoisotopic (exact) mass is 340 g/mol. The van der Waals surface area contributed by atoms with E-state index in [9.17, 15) is 4.39 Å². The first-order valence-corrected chi connectivity index (χ1v) is 7.36. The van der Waals surface area contributed by atoms with Gasteiger partial charge in [0.25, 0.3) is 0 Å². The molecule has 0 aliphatic rings. The minimum absolute atomic E-state index is 0.243. The smallest absolute Gasteiger partial charge is 0.137 e. The molecule has 2 aromatic rings. The Bertz CT molecular complexity index is 595. The lowest BCUT2D eigenvalue weighted by molar-refractivity contribution is 0.617. The minimum Gasteiger partial charge on any atom is -0.206 e. The molecule has 0 aliphatic carbocycles. The van der Waals surface area contributed by atoms with Gasteiger partial charge in [0.15, 0.2) is 0 Å². The normalized spacial score (nSPS) is 12.5. The van der Waals surface area contributed by atoms with E-state index in [1.165, 1.54) is 22.8 Å². The lowest BCUT2D eigenvalue weighted by Crippen LogP contribution is -1.99. The molecule has 1 unspecified atom stereocenters. The molecule has 2 rings (SSSR count). The molecule has 3 heteroatoms. The molecule has 0 aliphatic heterocycles. The third-order valence-corrected chi connectivity index (χ3v) is 4.53. The molecule has 0 fully saturated rings. The summed E-state index contributed by atoms with van der Waals surface area (Å²) in [5, 5.41) is -0.243. The predicted molar refractivity (Wildman–Crippen MR) is 82.3 cm³/mol. The van der Waals surface area contributed by atoms with Crippen LogP contribution in [-0.2, 0) is 6.42 Å². The first-order valence-electron chi connectivity index (χ1n) is 6.13. The molecule has 100 valence electrons. The maximum atomic E-state index is 13.5. The van der Waals surface area contributed by atoms with Crippen molar-refractivity contribution in [1.29, 1.82) is 0 Å². The van der Waals surface area contributed by atoms with Crippen molar-refractivity contribution in [2.45, 2.75) is 25.6 Å². The largest absolute Gasteiger partial charge is 0.206 e. The summed E-state index contributed by atoms with van der Waals surface area (Å²) in [5.74, 6) is -0.275. The first kappa shape index (κ1) is 14.5. The van der Waals surface area contributed by atoms with E-state index in [0.29, 0.717) is 10.9 Å². The Morgan fingerprint density at radius 3 is 2.58 bits per heavy atom. The molecule has 0 radical (unpaired) electrons. The molecule has 0 saturated carbocycles. The van der Waals surface area contributed by atoms with Gasteiger partial charge in [-0.25, -0.2) is 4.39 Å². The van der Waals surface area contributed by atoms with Crippen LogP contribution in [0.1, 0.15) is 27.6 Å². The highest BCUT2D eigenvalue weighted by Gasteiger charge is 2.15. The molecule has 0 spiro atoms. The second-order valence-electron chi connectivity index (χ2n) is 4.73. The van der Waals surface area contributed by atoms with Crippen LogP contribution in [0.4, 0.5) is 4.39 Å². The number of rotatable bonds is 3. The van der Waals surface area contributed by atoms with Gasteiger partial charge in [0.1, 0.15) is 5.82 Å². The van der Waals surface area contributed by atoms with Crippen LogP contribution in [0.15, 0.2) is 40.9 Å². The van der Waals surface area contributed by atoms with E-state index >= 15 is 0 Å². The number of benzene rings is 2. The molecular weight excluding hydrogens is 327 g/mol. The van der Waals surface area contributed by atoms with Gasteiger partial charge in [0.05, 0.1) is 9.85 Å². The van der Waals surface area contributed by atoms with Crippen LogP contribution in [0.25, 0.3) is 0 Å². The van der Waals surface area contributed by atoms with Crippen molar-refractivity contribution < 1.29 is 4.39 Å². The number of hydrogen-bond donors (Lipinski definition) is 0. The van der Waals surface area contributed by atoms with Gasteiger partial charge in [0.2, 0.25) is 0 Å². The van der Waals surface area contributed by atoms with Gasteiger partial charge < -0.3 is 0 Å². The Kier molecular flexibility index (Phi) is 4.64. The zero-order valence-electron chi connectivity index (χ0n) is 10.9. The summed E-state index contributed by atoms with van der Waals surface area (Å²) in [6.07, 6.45) is 0.685. The first-order chi connectivity index (χ1) is 8.99. The van der Waals surface area contributed by atoms with Crippen molar-refractivity contribution in [1.82, 2.24) is 0 Å². The summed E-state index contributed by atoms with van der Waals surface area (Å²) in [5.41, 5.74) is 4.47. The van der Waals surface area contributed by atoms with Gasteiger partial charge in [-0.15, -0.1) is 11.6 Å². The van der Waals surface area contributed by atoms with Gasteiger partial charge >= 0.3 is 0 Å². The fourth-order valence-electron chi connectivity index (χ4n) is 2.01. The van der Waals surface area contributed by atoms with Crippen LogP contribution in [-0.4, -0.2) is 0 Å². The maximum absolute atomic E-state index is 13.5. The van der Waals surface area contributed by atoms with Gasteiger partial charge in [-0.2, -0.15) is 0 Å². The predicted octanol–water partition coefficient (Wildman–Crippen LogP) is 5.73. The van der Waals surface area contributed by atoms with Crippen LogP contribution >= 0.6 is 27.5 Å². The van der Waals surface area contributed by atoms with E-state index in [0.717, 1.165) is 5.56 Å². The zero-order chi connectivity index (χ0) is 14.0. The third kappa shape index (κ3) is 3.37. The average molecular weight is 342 g/mol. The van der Waals surface area contributed by atoms with E-state index < -0.39 is 0 Å². The second kappa shape index (κ2) is 6.06. The van der Waals surface area contributed by atoms with E-state index in [1.807, 2.05) is 6.07 Å². The summed E-state index contributed by atoms with van der Waals surface area (Å²) in [7, 11) is 0. The third-order valence-electron chi connectivity index (χ3n) is 3.31. The highest BCUT2D eigenvalue weighted by atomic mass is 79.9. The van der Waals surface area contributed by atoms with Gasteiger partial charge in [-0.3, -0.25) is 0 Å².